The largest absolute Gasteiger partial charge is 0.497 e. The number of hydrogen-bond donors (Lipinski definition) is 1. The molecule has 22 heavy (non-hydrogen) atoms. The quantitative estimate of drug-likeness (QED) is 0.820. The monoisotopic (exact) mass is 358 g/mol. The molecule has 0 aliphatic carbocycles. The van der Waals surface area contributed by atoms with Gasteiger partial charge in [0.15, 0.2) is 0 Å². The van der Waals surface area contributed by atoms with Gasteiger partial charge in [0.2, 0.25) is 11.8 Å². The van der Waals surface area contributed by atoms with Gasteiger partial charge in [-0.15, -0.1) is 0 Å². The van der Waals surface area contributed by atoms with E-state index in [1.807, 2.05) is 6.92 Å². The lowest BCUT2D eigenvalue weighted by Crippen LogP contribution is -2.38. The van der Waals surface area contributed by atoms with Crippen molar-refractivity contribution in [1.82, 2.24) is 4.90 Å². The number of thiocarbonyl (C=S) groups is 1. The van der Waals surface area contributed by atoms with Crippen molar-refractivity contribution in [2.24, 2.45) is 0 Å². The van der Waals surface area contributed by atoms with Crippen molar-refractivity contribution in [2.75, 3.05) is 19.0 Å². The molecule has 1 aliphatic heterocycles. The molecule has 1 aromatic rings. The van der Waals surface area contributed by atoms with Crippen molar-refractivity contribution in [1.29, 1.82) is 0 Å². The number of amides is 2. The average molecular weight is 359 g/mol. The molecule has 118 valence electrons. The Morgan fingerprint density at radius 2 is 2.27 bits per heavy atom. The summed E-state index contributed by atoms with van der Waals surface area (Å²) in [6.07, 6.45) is 0.684. The third kappa shape index (κ3) is 3.71. The molecule has 1 aliphatic rings. The minimum atomic E-state index is -0.358. The summed E-state index contributed by atoms with van der Waals surface area (Å²) in [6, 6.07) is 4.94. The first-order chi connectivity index (χ1) is 10.5. The smallest absolute Gasteiger partial charge is 0.244 e. The van der Waals surface area contributed by atoms with Crippen LogP contribution in [0.25, 0.3) is 0 Å². The lowest BCUT2D eigenvalue weighted by atomic mass is 10.3. The van der Waals surface area contributed by atoms with Gasteiger partial charge >= 0.3 is 0 Å². The van der Waals surface area contributed by atoms with E-state index in [9.17, 15) is 9.59 Å². The van der Waals surface area contributed by atoms with Gasteiger partial charge in [0.05, 0.1) is 23.1 Å². The predicted octanol–water partition coefficient (Wildman–Crippen LogP) is 2.93. The van der Waals surface area contributed by atoms with Gasteiger partial charge in [0.1, 0.15) is 16.6 Å². The summed E-state index contributed by atoms with van der Waals surface area (Å²) >= 11 is 12.5. The summed E-state index contributed by atoms with van der Waals surface area (Å²) in [5.74, 6) is 0.0988. The third-order valence-corrected chi connectivity index (χ3v) is 5.21. The van der Waals surface area contributed by atoms with E-state index >= 15 is 0 Å². The minimum absolute atomic E-state index is 0.116. The lowest BCUT2D eigenvalue weighted by molar-refractivity contribution is -0.129. The number of rotatable bonds is 5. The molecule has 1 heterocycles. The van der Waals surface area contributed by atoms with Gasteiger partial charge in [-0.3, -0.25) is 14.5 Å². The van der Waals surface area contributed by atoms with Crippen LogP contribution < -0.4 is 10.1 Å². The SMILES string of the molecule is CCC1SC(=S)N(CC(=O)Nc2cc(OC)ccc2Cl)C1=O. The van der Waals surface area contributed by atoms with Crippen LogP contribution in [0.15, 0.2) is 18.2 Å². The van der Waals surface area contributed by atoms with Gasteiger partial charge in [0, 0.05) is 6.07 Å². The summed E-state index contributed by atoms with van der Waals surface area (Å²) < 4.78 is 5.52. The van der Waals surface area contributed by atoms with Crippen LogP contribution in [0.2, 0.25) is 5.02 Å². The van der Waals surface area contributed by atoms with E-state index in [4.69, 9.17) is 28.6 Å². The van der Waals surface area contributed by atoms with E-state index in [1.54, 1.807) is 18.2 Å². The molecular weight excluding hydrogens is 344 g/mol. The molecule has 1 unspecified atom stereocenters. The molecule has 1 aromatic carbocycles. The summed E-state index contributed by atoms with van der Waals surface area (Å²) in [4.78, 5) is 25.6. The van der Waals surface area contributed by atoms with Crippen molar-refractivity contribution in [3.63, 3.8) is 0 Å². The van der Waals surface area contributed by atoms with E-state index in [0.29, 0.717) is 27.2 Å². The number of nitrogens with one attached hydrogen (secondary N) is 1. The van der Waals surface area contributed by atoms with Gasteiger partial charge < -0.3 is 10.1 Å². The van der Waals surface area contributed by atoms with Crippen LogP contribution in [-0.2, 0) is 9.59 Å². The Labute approximate surface area is 143 Å². The van der Waals surface area contributed by atoms with Gasteiger partial charge in [-0.1, -0.05) is 42.5 Å². The lowest BCUT2D eigenvalue weighted by Gasteiger charge is -2.16. The van der Waals surface area contributed by atoms with Gasteiger partial charge in [-0.25, -0.2) is 0 Å². The Hall–Kier alpha value is -1.31. The fourth-order valence-corrected chi connectivity index (χ4v) is 3.55. The maximum absolute atomic E-state index is 12.1. The van der Waals surface area contributed by atoms with Crippen LogP contribution in [0.4, 0.5) is 5.69 Å². The second kappa shape index (κ2) is 7.30. The minimum Gasteiger partial charge on any atom is -0.497 e. The van der Waals surface area contributed by atoms with Gasteiger partial charge in [-0.2, -0.15) is 0 Å². The first-order valence-corrected chi connectivity index (χ1v) is 8.28. The van der Waals surface area contributed by atoms with Crippen LogP contribution in [0.1, 0.15) is 13.3 Å². The first-order valence-electron chi connectivity index (χ1n) is 6.61. The van der Waals surface area contributed by atoms with Crippen LogP contribution in [-0.4, -0.2) is 39.9 Å². The predicted molar refractivity (Wildman–Crippen MR) is 92.6 cm³/mol. The molecule has 1 N–H and O–H groups in total. The van der Waals surface area contributed by atoms with E-state index in [0.717, 1.165) is 0 Å². The van der Waals surface area contributed by atoms with Crippen LogP contribution in [0.5, 0.6) is 5.75 Å². The van der Waals surface area contributed by atoms with Crippen LogP contribution in [0.3, 0.4) is 0 Å². The molecule has 2 amide bonds. The molecule has 0 radical (unpaired) electrons. The number of hydrogen-bond acceptors (Lipinski definition) is 5. The number of methoxy groups -OCH3 is 1. The highest BCUT2D eigenvalue weighted by Crippen LogP contribution is 2.30. The number of carbonyl (C=O) groups is 2. The number of ether oxygens (including phenoxy) is 1. The van der Waals surface area contributed by atoms with Crippen molar-refractivity contribution < 1.29 is 14.3 Å². The summed E-state index contributed by atoms with van der Waals surface area (Å²) in [7, 11) is 1.53. The fourth-order valence-electron chi connectivity index (χ4n) is 1.96. The first kappa shape index (κ1) is 17.1. The normalized spacial score (nSPS) is 17.8. The van der Waals surface area contributed by atoms with E-state index < -0.39 is 0 Å². The van der Waals surface area contributed by atoms with Crippen molar-refractivity contribution >= 4 is 57.4 Å². The number of thioether (sulfide) groups is 1. The highest BCUT2D eigenvalue weighted by atomic mass is 35.5. The molecule has 0 saturated carbocycles. The molecular formula is C14H15ClN2O3S2. The number of carbonyl (C=O) groups excluding carboxylic acids is 2. The van der Waals surface area contributed by atoms with Crippen molar-refractivity contribution in [3.05, 3.63) is 23.2 Å². The van der Waals surface area contributed by atoms with Crippen LogP contribution in [0, 0.1) is 0 Å². The Bertz CT molecular complexity index is 624. The standard InChI is InChI=1S/C14H15ClN2O3S2/c1-3-11-13(19)17(14(21)22-11)7-12(18)16-10-6-8(20-2)4-5-9(10)15/h4-6,11H,3,7H2,1-2H3,(H,16,18). The Morgan fingerprint density at radius 1 is 1.55 bits per heavy atom. The van der Waals surface area contributed by atoms with Gasteiger partial charge in [-0.05, 0) is 18.6 Å². The summed E-state index contributed by atoms with van der Waals surface area (Å²) in [5.41, 5.74) is 0.434. The Morgan fingerprint density at radius 3 is 2.86 bits per heavy atom. The molecule has 0 bridgehead atoms. The highest BCUT2D eigenvalue weighted by molar-refractivity contribution is 8.24. The molecule has 1 atom stereocenters. The zero-order valence-corrected chi connectivity index (χ0v) is 14.5. The zero-order valence-electron chi connectivity index (χ0n) is 12.1. The number of anilines is 1. The third-order valence-electron chi connectivity index (χ3n) is 3.13. The second-order valence-corrected chi connectivity index (χ2v) is 6.84. The highest BCUT2D eigenvalue weighted by Gasteiger charge is 2.36. The number of benzene rings is 1. The average Bonchev–Trinajstić information content (AvgIpc) is 2.77. The molecule has 2 rings (SSSR count). The molecule has 0 spiro atoms. The number of nitrogens with zero attached hydrogens (tertiary/aromatic N) is 1. The van der Waals surface area contributed by atoms with Crippen molar-refractivity contribution in [2.45, 2.75) is 18.6 Å². The molecule has 1 saturated heterocycles. The topological polar surface area (TPSA) is 58.6 Å². The molecule has 0 aromatic heterocycles. The van der Waals surface area contributed by atoms with Gasteiger partial charge in [0.25, 0.3) is 0 Å². The van der Waals surface area contributed by atoms with E-state index in [1.165, 1.54) is 23.8 Å². The molecule has 8 heteroatoms. The second-order valence-electron chi connectivity index (χ2n) is 4.60. The zero-order chi connectivity index (χ0) is 16.3. The fraction of sp³-hybridized carbons (Fsp3) is 0.357. The molecule has 5 nitrogen and oxygen atoms in total. The van der Waals surface area contributed by atoms with E-state index in [-0.39, 0.29) is 23.6 Å². The number of halogens is 1. The maximum atomic E-state index is 12.1. The Balaban J connectivity index is 2.05. The summed E-state index contributed by atoms with van der Waals surface area (Å²) in [6.45, 7) is 1.80. The Kier molecular flexibility index (Phi) is 5.66. The van der Waals surface area contributed by atoms with Crippen molar-refractivity contribution in [3.8, 4) is 5.75 Å². The molecule has 1 fully saturated rings. The maximum Gasteiger partial charge on any atom is 0.244 e. The van der Waals surface area contributed by atoms with E-state index in [2.05, 4.69) is 5.32 Å². The van der Waals surface area contributed by atoms with Crippen LogP contribution >= 0.6 is 35.6 Å². The summed E-state index contributed by atoms with van der Waals surface area (Å²) in [5, 5.41) is 2.87.